The Kier molecular flexibility index (Phi) is 8.39. The number of hydrogen-bond acceptors (Lipinski definition) is 6. The Bertz CT molecular complexity index is 1410. The van der Waals surface area contributed by atoms with Gasteiger partial charge in [0.05, 0.1) is 41.1 Å². The van der Waals surface area contributed by atoms with Crippen molar-refractivity contribution in [2.24, 2.45) is 5.73 Å². The average molecular weight is 572 g/mol. The molecular weight excluding hydrogens is 535 g/mol. The highest BCUT2D eigenvalue weighted by Gasteiger charge is 2.37. The minimum atomic E-state index is -4.66. The lowest BCUT2D eigenvalue weighted by atomic mass is 9.97. The maximum Gasteiger partial charge on any atom is 0.418 e. The smallest absolute Gasteiger partial charge is 0.418 e. The van der Waals surface area contributed by atoms with Crippen molar-refractivity contribution in [1.82, 2.24) is 4.90 Å². The number of aryl methyl sites for hydroxylation is 1. The lowest BCUT2D eigenvalue weighted by molar-refractivity contribution is -0.136. The highest BCUT2D eigenvalue weighted by Crippen LogP contribution is 2.40. The van der Waals surface area contributed by atoms with Gasteiger partial charge in [0.25, 0.3) is 0 Å². The summed E-state index contributed by atoms with van der Waals surface area (Å²) in [6.07, 6.45) is -1.74. The Labute approximate surface area is 237 Å². The third-order valence-corrected chi connectivity index (χ3v) is 7.34. The highest BCUT2D eigenvalue weighted by molar-refractivity contribution is 6.12. The van der Waals surface area contributed by atoms with E-state index in [9.17, 15) is 23.1 Å². The summed E-state index contributed by atoms with van der Waals surface area (Å²) in [6.45, 7) is 6.37. The predicted octanol–water partition coefficient (Wildman–Crippen LogP) is 5.80. The van der Waals surface area contributed by atoms with E-state index in [4.69, 9.17) is 15.9 Å². The standard InChI is InChI=1S/C30H36F3N5O3/c1-5-6-24(36-25-16-20(7-8-23(25)30(31,32)33)37-12-10-29(3,40)17-37)27-22(9-11-38(27)28(35)39)26(34)19-13-18(2)14-21(15-19)41-4/h6-8,13-16,34,36,40H,5,9-12,17H2,1-4H3,(H2,35,39)/b24-6+,34-26?. The zero-order chi connectivity index (χ0) is 30.1. The number of aliphatic hydroxyl groups is 1. The molecule has 2 aromatic carbocycles. The van der Waals surface area contributed by atoms with Gasteiger partial charge in [0.15, 0.2) is 0 Å². The summed E-state index contributed by atoms with van der Waals surface area (Å²) in [5, 5.41) is 22.4. The molecule has 0 aliphatic carbocycles. The molecule has 1 atom stereocenters. The van der Waals surface area contributed by atoms with Crippen LogP contribution in [0.1, 0.15) is 49.8 Å². The van der Waals surface area contributed by atoms with E-state index in [1.54, 1.807) is 19.1 Å². The zero-order valence-electron chi connectivity index (χ0n) is 23.7. The van der Waals surface area contributed by atoms with Gasteiger partial charge in [-0.3, -0.25) is 10.3 Å². The van der Waals surface area contributed by atoms with E-state index in [1.807, 2.05) is 30.9 Å². The van der Waals surface area contributed by atoms with Gasteiger partial charge >= 0.3 is 12.2 Å². The van der Waals surface area contributed by atoms with Crippen molar-refractivity contribution in [1.29, 1.82) is 5.41 Å². The maximum absolute atomic E-state index is 14.2. The van der Waals surface area contributed by atoms with Crippen LogP contribution >= 0.6 is 0 Å². The number of halogens is 3. The van der Waals surface area contributed by atoms with Crippen LogP contribution in [0.5, 0.6) is 5.75 Å². The summed E-state index contributed by atoms with van der Waals surface area (Å²) in [5.41, 5.74) is 6.77. The van der Waals surface area contributed by atoms with Crippen LogP contribution in [0.25, 0.3) is 0 Å². The van der Waals surface area contributed by atoms with Crippen molar-refractivity contribution in [2.45, 2.75) is 51.8 Å². The second-order valence-electron chi connectivity index (χ2n) is 10.7. The van der Waals surface area contributed by atoms with Crippen LogP contribution in [0.4, 0.5) is 29.3 Å². The zero-order valence-corrected chi connectivity index (χ0v) is 23.7. The first-order valence-electron chi connectivity index (χ1n) is 13.5. The summed E-state index contributed by atoms with van der Waals surface area (Å²) in [5.74, 6) is 0.562. The second-order valence-corrected chi connectivity index (χ2v) is 10.7. The van der Waals surface area contributed by atoms with Crippen LogP contribution in [0, 0.1) is 12.3 Å². The molecule has 11 heteroatoms. The maximum atomic E-state index is 14.2. The second kappa shape index (κ2) is 11.5. The number of anilines is 2. The Morgan fingerprint density at radius 3 is 2.56 bits per heavy atom. The van der Waals surface area contributed by atoms with Crippen molar-refractivity contribution in [3.05, 3.63) is 76.1 Å². The van der Waals surface area contributed by atoms with Gasteiger partial charge in [-0.2, -0.15) is 13.2 Å². The number of benzene rings is 2. The molecule has 0 radical (unpaired) electrons. The molecule has 1 saturated heterocycles. The van der Waals surface area contributed by atoms with Gasteiger partial charge in [-0.1, -0.05) is 13.0 Å². The molecule has 0 saturated carbocycles. The Balaban J connectivity index is 1.82. The normalized spacial score (nSPS) is 19.7. The van der Waals surface area contributed by atoms with Crippen molar-refractivity contribution in [3.63, 3.8) is 0 Å². The average Bonchev–Trinajstić information content (AvgIpc) is 3.50. The molecule has 5 N–H and O–H groups in total. The number of methoxy groups -OCH3 is 1. The van der Waals surface area contributed by atoms with Gasteiger partial charge < -0.3 is 25.8 Å². The van der Waals surface area contributed by atoms with Gasteiger partial charge in [-0.25, -0.2) is 4.79 Å². The van der Waals surface area contributed by atoms with E-state index < -0.39 is 23.4 Å². The first-order chi connectivity index (χ1) is 19.2. The highest BCUT2D eigenvalue weighted by atomic mass is 19.4. The first kappa shape index (κ1) is 30.0. The molecule has 8 nitrogen and oxygen atoms in total. The molecular formula is C30H36F3N5O3. The number of urea groups is 1. The van der Waals surface area contributed by atoms with E-state index >= 15 is 0 Å². The van der Waals surface area contributed by atoms with E-state index in [0.29, 0.717) is 48.4 Å². The van der Waals surface area contributed by atoms with Crippen LogP contribution in [0.3, 0.4) is 0 Å². The summed E-state index contributed by atoms with van der Waals surface area (Å²) >= 11 is 0. The number of ether oxygens (including phenoxy) is 1. The molecule has 41 heavy (non-hydrogen) atoms. The lowest BCUT2D eigenvalue weighted by Crippen LogP contribution is -2.34. The number of β-amino-alcohol motifs (C(OH)–C–C–N with tert-alkyl or cyclic N) is 1. The fraction of sp³-hybridized carbons (Fsp3) is 0.400. The fourth-order valence-corrected chi connectivity index (χ4v) is 5.37. The lowest BCUT2D eigenvalue weighted by Gasteiger charge is -2.26. The van der Waals surface area contributed by atoms with E-state index in [-0.39, 0.29) is 35.9 Å². The minimum Gasteiger partial charge on any atom is -0.497 e. The molecule has 2 aromatic rings. The Morgan fingerprint density at radius 1 is 1.24 bits per heavy atom. The Hall–Kier alpha value is -3.99. The van der Waals surface area contributed by atoms with Gasteiger partial charge in [0.2, 0.25) is 0 Å². The molecule has 2 heterocycles. The molecule has 2 amide bonds. The monoisotopic (exact) mass is 571 g/mol. The number of nitrogens with one attached hydrogen (secondary N) is 2. The van der Waals surface area contributed by atoms with Crippen LogP contribution in [-0.2, 0) is 6.18 Å². The molecule has 220 valence electrons. The number of alkyl halides is 3. The Morgan fingerprint density at radius 2 is 1.98 bits per heavy atom. The summed E-state index contributed by atoms with van der Waals surface area (Å²) < 4.78 is 47.9. The van der Waals surface area contributed by atoms with Gasteiger partial charge in [0.1, 0.15) is 5.75 Å². The molecule has 0 aromatic heterocycles. The van der Waals surface area contributed by atoms with Crippen LogP contribution in [0.2, 0.25) is 0 Å². The van der Waals surface area contributed by atoms with Crippen molar-refractivity contribution < 1.29 is 27.8 Å². The number of amides is 2. The third-order valence-electron chi connectivity index (χ3n) is 7.34. The SMILES string of the molecule is CC/C=C(/Nc1cc(N2CCC(C)(O)C2)ccc1C(F)(F)F)C1=C(C(=N)c2cc(C)cc(OC)c2)CCN1C(N)=O. The van der Waals surface area contributed by atoms with Gasteiger partial charge in [0, 0.05) is 36.5 Å². The van der Waals surface area contributed by atoms with E-state index in [0.717, 1.165) is 11.6 Å². The van der Waals surface area contributed by atoms with Crippen LogP contribution < -0.4 is 20.7 Å². The number of allylic oxidation sites excluding steroid dienone is 1. The molecule has 2 aliphatic rings. The number of nitrogens with zero attached hydrogens (tertiary/aromatic N) is 2. The van der Waals surface area contributed by atoms with Crippen LogP contribution in [0.15, 0.2) is 59.4 Å². The molecule has 0 bridgehead atoms. The quantitative estimate of drug-likeness (QED) is 0.299. The largest absolute Gasteiger partial charge is 0.497 e. The van der Waals surface area contributed by atoms with Gasteiger partial charge in [-0.05, 0) is 75.1 Å². The number of carbonyl (C=O) groups excluding carboxylic acids is 1. The summed E-state index contributed by atoms with van der Waals surface area (Å²) in [7, 11) is 1.53. The molecule has 2 aliphatic heterocycles. The van der Waals surface area contributed by atoms with Gasteiger partial charge in [-0.15, -0.1) is 0 Å². The molecule has 0 spiro atoms. The van der Waals surface area contributed by atoms with Crippen molar-refractivity contribution >= 4 is 23.1 Å². The summed E-state index contributed by atoms with van der Waals surface area (Å²) in [4.78, 5) is 15.6. The number of nitrogens with two attached hydrogens (primary N) is 1. The first-order valence-corrected chi connectivity index (χ1v) is 13.5. The topological polar surface area (TPSA) is 115 Å². The number of rotatable bonds is 8. The minimum absolute atomic E-state index is 0.124. The summed E-state index contributed by atoms with van der Waals surface area (Å²) in [6, 6.07) is 8.41. The number of primary amides is 1. The predicted molar refractivity (Wildman–Crippen MR) is 153 cm³/mol. The fourth-order valence-electron chi connectivity index (χ4n) is 5.37. The molecule has 4 rings (SSSR count). The van der Waals surface area contributed by atoms with E-state index in [1.165, 1.54) is 24.1 Å². The van der Waals surface area contributed by atoms with E-state index in [2.05, 4.69) is 5.32 Å². The number of hydrogen-bond donors (Lipinski definition) is 4. The van der Waals surface area contributed by atoms with Crippen molar-refractivity contribution in [2.75, 3.05) is 37.0 Å². The van der Waals surface area contributed by atoms with Crippen molar-refractivity contribution in [3.8, 4) is 5.75 Å². The number of carbonyl (C=O) groups is 1. The molecule has 1 fully saturated rings. The van der Waals surface area contributed by atoms with Crippen LogP contribution in [-0.4, -0.2) is 54.1 Å². The molecule has 1 unspecified atom stereocenters. The third kappa shape index (κ3) is 6.51.